The number of nitrogens with one attached hydrogen (secondary N) is 2. The zero-order valence-corrected chi connectivity index (χ0v) is 22.3. The van der Waals surface area contributed by atoms with Crippen LogP contribution in [0.5, 0.6) is 11.5 Å². The third-order valence-electron chi connectivity index (χ3n) is 6.19. The van der Waals surface area contributed by atoms with Gasteiger partial charge in [-0.05, 0) is 35.2 Å². The summed E-state index contributed by atoms with van der Waals surface area (Å²) in [5.41, 5.74) is 3.00. The molecule has 2 aromatic carbocycles. The van der Waals surface area contributed by atoms with Gasteiger partial charge >= 0.3 is 5.97 Å². The topological polar surface area (TPSA) is 132 Å². The van der Waals surface area contributed by atoms with Crippen LogP contribution in [0.3, 0.4) is 0 Å². The van der Waals surface area contributed by atoms with E-state index >= 15 is 0 Å². The number of carbonyl (C=O) groups is 3. The number of Topliss-reactive ketones (excluding diaryl/α,β-unsaturated/α-hetero) is 1. The average molecular weight is 511 g/mol. The maximum Gasteiger partial charge on any atom is 0.341 e. The van der Waals surface area contributed by atoms with Gasteiger partial charge in [0.25, 0.3) is 5.91 Å². The minimum Gasteiger partial charge on any atom is -0.496 e. The number of amides is 1. The zero-order valence-electron chi connectivity index (χ0n) is 22.3. The third kappa shape index (κ3) is 5.68. The Labute approximate surface area is 216 Å². The van der Waals surface area contributed by atoms with Crippen LogP contribution >= 0.6 is 0 Å². The van der Waals surface area contributed by atoms with Crippen LogP contribution in [0.2, 0.25) is 0 Å². The highest BCUT2D eigenvalue weighted by Crippen LogP contribution is 2.40. The van der Waals surface area contributed by atoms with Crippen LogP contribution in [0.25, 0.3) is 0 Å². The molecule has 0 saturated heterocycles. The van der Waals surface area contributed by atoms with Crippen LogP contribution in [-0.2, 0) is 16.8 Å². The number of fused-ring (bicyclic) bond motifs is 1. The van der Waals surface area contributed by atoms with Crippen molar-refractivity contribution in [2.45, 2.75) is 32.7 Å². The lowest BCUT2D eigenvalue weighted by Gasteiger charge is -2.28. The first-order valence-electron chi connectivity index (χ1n) is 11.8. The Morgan fingerprint density at radius 3 is 2.38 bits per heavy atom. The molecule has 0 aliphatic carbocycles. The van der Waals surface area contributed by atoms with Crippen molar-refractivity contribution in [1.29, 1.82) is 5.41 Å². The number of nitrogens with zero attached hydrogens (tertiary/aromatic N) is 2. The molecule has 0 atom stereocenters. The van der Waals surface area contributed by atoms with Gasteiger partial charge in [-0.2, -0.15) is 0 Å². The Hall–Kier alpha value is -4.08. The number of hydrogen-bond donors (Lipinski definition) is 3. The maximum absolute atomic E-state index is 13.5. The predicted octanol–water partition coefficient (Wildman–Crippen LogP) is 2.91. The molecule has 0 aromatic heterocycles. The van der Waals surface area contributed by atoms with E-state index in [1.807, 2.05) is 20.8 Å². The lowest BCUT2D eigenvalue weighted by atomic mass is 9.84. The number of benzene rings is 2. The van der Waals surface area contributed by atoms with Crippen LogP contribution in [0, 0.1) is 5.41 Å². The number of aliphatic carboxylic acids is 1. The van der Waals surface area contributed by atoms with Gasteiger partial charge < -0.3 is 29.7 Å². The number of amidine groups is 1. The SMILES string of the molecule is CNC(=O)c1cc2c(cc1OC)CN(CC(=O)c1cc(N(C)C)c(OCC(=O)O)c(C(C)(C)C)c1)C2=N. The minimum atomic E-state index is -1.09. The first kappa shape index (κ1) is 27.5. The fraction of sp³-hybridized carbons (Fsp3) is 0.407. The van der Waals surface area contributed by atoms with Gasteiger partial charge in [0.1, 0.15) is 17.3 Å². The Morgan fingerprint density at radius 2 is 1.84 bits per heavy atom. The molecule has 3 N–H and O–H groups in total. The quantitative estimate of drug-likeness (QED) is 0.439. The second kappa shape index (κ2) is 10.5. The molecular weight excluding hydrogens is 476 g/mol. The normalized spacial score (nSPS) is 12.7. The number of methoxy groups -OCH3 is 1. The Bertz CT molecular complexity index is 1260. The fourth-order valence-corrected chi connectivity index (χ4v) is 4.26. The van der Waals surface area contributed by atoms with E-state index in [-0.39, 0.29) is 24.1 Å². The zero-order chi connectivity index (χ0) is 27.7. The van der Waals surface area contributed by atoms with Gasteiger partial charge in [-0.25, -0.2) is 4.79 Å². The van der Waals surface area contributed by atoms with Gasteiger partial charge in [-0.15, -0.1) is 0 Å². The van der Waals surface area contributed by atoms with Crippen molar-refractivity contribution in [2.75, 3.05) is 46.3 Å². The molecule has 10 nitrogen and oxygen atoms in total. The first-order chi connectivity index (χ1) is 17.3. The number of hydrogen-bond acceptors (Lipinski definition) is 7. The molecule has 2 aromatic rings. The summed E-state index contributed by atoms with van der Waals surface area (Å²) in [6, 6.07) is 6.78. The molecule has 0 saturated carbocycles. The largest absolute Gasteiger partial charge is 0.496 e. The van der Waals surface area contributed by atoms with Gasteiger partial charge in [-0.1, -0.05) is 20.8 Å². The first-order valence-corrected chi connectivity index (χ1v) is 11.8. The fourth-order valence-electron chi connectivity index (χ4n) is 4.26. The summed E-state index contributed by atoms with van der Waals surface area (Å²) in [5.74, 6) is -0.630. The molecule has 198 valence electrons. The summed E-state index contributed by atoms with van der Waals surface area (Å²) in [7, 11) is 6.60. The van der Waals surface area contributed by atoms with Crippen molar-refractivity contribution < 1.29 is 29.0 Å². The van der Waals surface area contributed by atoms with E-state index in [4.69, 9.17) is 20.0 Å². The van der Waals surface area contributed by atoms with Crippen LogP contribution in [0.15, 0.2) is 24.3 Å². The summed E-state index contributed by atoms with van der Waals surface area (Å²) in [5, 5.41) is 20.4. The maximum atomic E-state index is 13.5. The minimum absolute atomic E-state index is 0.0447. The molecule has 10 heteroatoms. The number of ether oxygens (including phenoxy) is 2. The van der Waals surface area contributed by atoms with Crippen molar-refractivity contribution in [2.24, 2.45) is 0 Å². The van der Waals surface area contributed by atoms with Crippen LogP contribution < -0.4 is 19.7 Å². The summed E-state index contributed by atoms with van der Waals surface area (Å²) in [4.78, 5) is 40.4. The average Bonchev–Trinajstić information content (AvgIpc) is 3.13. The standard InChI is InChI=1S/C27H34N4O6/c1-27(2,3)19-8-15(9-20(30(5)6)24(19)37-14-23(33)34)21(32)13-31-12-16-10-22(36-7)18(26(35)29-4)11-17(16)25(31)28/h8-11,28H,12-14H2,1-7H3,(H,29,35)(H,33,34). The Balaban J connectivity index is 1.96. The Kier molecular flexibility index (Phi) is 7.80. The molecule has 0 bridgehead atoms. The highest BCUT2D eigenvalue weighted by molar-refractivity contribution is 6.08. The summed E-state index contributed by atoms with van der Waals surface area (Å²) >= 11 is 0. The number of carboxylic acid groups (broad SMARTS) is 1. The van der Waals surface area contributed by atoms with Crippen LogP contribution in [0.1, 0.15) is 58.2 Å². The third-order valence-corrected chi connectivity index (χ3v) is 6.19. The summed E-state index contributed by atoms with van der Waals surface area (Å²) in [6.07, 6.45) is 0. The van der Waals surface area contributed by atoms with E-state index in [9.17, 15) is 14.4 Å². The number of rotatable bonds is 9. The number of ketones is 1. The molecule has 3 rings (SSSR count). The lowest BCUT2D eigenvalue weighted by Crippen LogP contribution is -2.31. The second-order valence-corrected chi connectivity index (χ2v) is 10.1. The van der Waals surface area contributed by atoms with Gasteiger partial charge in [0, 0.05) is 44.4 Å². The van der Waals surface area contributed by atoms with E-state index in [0.717, 1.165) is 5.56 Å². The van der Waals surface area contributed by atoms with Crippen molar-refractivity contribution in [3.63, 3.8) is 0 Å². The smallest absolute Gasteiger partial charge is 0.341 e. The number of carbonyl (C=O) groups excluding carboxylic acids is 2. The van der Waals surface area contributed by atoms with Crippen LogP contribution in [-0.4, -0.2) is 74.9 Å². The van der Waals surface area contributed by atoms with E-state index < -0.39 is 18.0 Å². The van der Waals surface area contributed by atoms with Crippen molar-refractivity contribution in [1.82, 2.24) is 10.2 Å². The molecule has 1 heterocycles. The van der Waals surface area contributed by atoms with Gasteiger partial charge in [0.05, 0.1) is 24.9 Å². The Morgan fingerprint density at radius 1 is 1.16 bits per heavy atom. The van der Waals surface area contributed by atoms with E-state index in [1.54, 1.807) is 48.2 Å². The molecular formula is C27H34N4O6. The molecule has 0 unspecified atom stereocenters. The molecule has 1 aliphatic heterocycles. The number of anilines is 1. The molecule has 0 fully saturated rings. The van der Waals surface area contributed by atoms with Crippen LogP contribution in [0.4, 0.5) is 5.69 Å². The molecule has 0 radical (unpaired) electrons. The highest BCUT2D eigenvalue weighted by atomic mass is 16.5. The molecule has 0 spiro atoms. The molecule has 1 aliphatic rings. The number of carboxylic acids is 1. The predicted molar refractivity (Wildman–Crippen MR) is 141 cm³/mol. The van der Waals surface area contributed by atoms with Gasteiger partial charge in [-0.3, -0.25) is 15.0 Å². The van der Waals surface area contributed by atoms with E-state index in [1.165, 1.54) is 14.2 Å². The van der Waals surface area contributed by atoms with Crippen molar-refractivity contribution in [3.8, 4) is 11.5 Å². The van der Waals surface area contributed by atoms with Crippen molar-refractivity contribution in [3.05, 3.63) is 52.1 Å². The van der Waals surface area contributed by atoms with E-state index in [0.29, 0.717) is 46.0 Å². The molecule has 1 amide bonds. The van der Waals surface area contributed by atoms with Gasteiger partial charge in [0.2, 0.25) is 0 Å². The summed E-state index contributed by atoms with van der Waals surface area (Å²) in [6.45, 7) is 5.69. The monoisotopic (exact) mass is 510 g/mol. The lowest BCUT2D eigenvalue weighted by molar-refractivity contribution is -0.139. The molecule has 37 heavy (non-hydrogen) atoms. The van der Waals surface area contributed by atoms with E-state index in [2.05, 4.69) is 5.32 Å². The summed E-state index contributed by atoms with van der Waals surface area (Å²) < 4.78 is 11.0. The van der Waals surface area contributed by atoms with Crippen molar-refractivity contribution >= 4 is 29.2 Å². The highest BCUT2D eigenvalue weighted by Gasteiger charge is 2.31. The second-order valence-electron chi connectivity index (χ2n) is 10.1. The van der Waals surface area contributed by atoms with Gasteiger partial charge in [0.15, 0.2) is 12.4 Å².